The van der Waals surface area contributed by atoms with E-state index in [2.05, 4.69) is 0 Å². The third-order valence-electron chi connectivity index (χ3n) is 3.33. The number of benzene rings is 1. The second-order valence-corrected chi connectivity index (χ2v) is 6.15. The molecule has 7 heteroatoms. The molecule has 1 aromatic carbocycles. The van der Waals surface area contributed by atoms with Crippen molar-refractivity contribution in [2.75, 3.05) is 0 Å². The molecule has 120 valence electrons. The van der Waals surface area contributed by atoms with Crippen LogP contribution in [0.3, 0.4) is 0 Å². The van der Waals surface area contributed by atoms with Gasteiger partial charge >= 0.3 is 12.1 Å². The zero-order valence-corrected chi connectivity index (χ0v) is 12.5. The van der Waals surface area contributed by atoms with Gasteiger partial charge in [0.2, 0.25) is 0 Å². The van der Waals surface area contributed by atoms with Gasteiger partial charge < -0.3 is 9.84 Å². The maximum Gasteiger partial charge on any atom is 0.411 e. The van der Waals surface area contributed by atoms with Crippen LogP contribution in [-0.4, -0.2) is 33.7 Å². The van der Waals surface area contributed by atoms with Crippen molar-refractivity contribution in [1.29, 1.82) is 0 Å². The Kier molecular flexibility index (Phi) is 4.08. The highest BCUT2D eigenvalue weighted by atomic mass is 19.1. The summed E-state index contributed by atoms with van der Waals surface area (Å²) in [7, 11) is 0. The summed E-state index contributed by atoms with van der Waals surface area (Å²) in [6, 6.07) is 0.623. The number of hydrogen-bond acceptors (Lipinski definition) is 3. The molecule has 0 saturated carbocycles. The first-order chi connectivity index (χ1) is 10.1. The fourth-order valence-corrected chi connectivity index (χ4v) is 2.34. The maximum absolute atomic E-state index is 13.9. The van der Waals surface area contributed by atoms with Gasteiger partial charge in [-0.3, -0.25) is 4.90 Å². The Bertz CT molecular complexity index is 625. The zero-order valence-electron chi connectivity index (χ0n) is 12.5. The fourth-order valence-electron chi connectivity index (χ4n) is 2.34. The third kappa shape index (κ3) is 3.18. The highest BCUT2D eigenvalue weighted by Gasteiger charge is 2.39. The number of carboxylic acids is 1. The molecule has 5 nitrogen and oxygen atoms in total. The van der Waals surface area contributed by atoms with Gasteiger partial charge in [0.15, 0.2) is 0 Å². The summed E-state index contributed by atoms with van der Waals surface area (Å²) in [5, 5.41) is 9.28. The van der Waals surface area contributed by atoms with E-state index in [9.17, 15) is 23.5 Å². The number of rotatable bonds is 1. The van der Waals surface area contributed by atoms with Gasteiger partial charge in [-0.25, -0.2) is 18.4 Å². The van der Waals surface area contributed by atoms with Gasteiger partial charge in [0, 0.05) is 12.0 Å². The van der Waals surface area contributed by atoms with Crippen LogP contribution in [0.5, 0.6) is 0 Å². The highest BCUT2D eigenvalue weighted by Crippen LogP contribution is 2.29. The van der Waals surface area contributed by atoms with Crippen molar-refractivity contribution in [1.82, 2.24) is 4.90 Å². The Hall–Kier alpha value is -2.18. The van der Waals surface area contributed by atoms with Crippen molar-refractivity contribution in [2.24, 2.45) is 0 Å². The van der Waals surface area contributed by atoms with Crippen LogP contribution < -0.4 is 0 Å². The first kappa shape index (κ1) is 16.2. The number of aliphatic carboxylic acids is 1. The molecule has 0 radical (unpaired) electrons. The number of ether oxygens (including phenoxy) is 1. The van der Waals surface area contributed by atoms with Gasteiger partial charge in [0.25, 0.3) is 0 Å². The van der Waals surface area contributed by atoms with Crippen molar-refractivity contribution < 1.29 is 28.2 Å². The topological polar surface area (TPSA) is 66.8 Å². The van der Waals surface area contributed by atoms with Gasteiger partial charge in [0.1, 0.15) is 23.3 Å². The van der Waals surface area contributed by atoms with Gasteiger partial charge in [-0.15, -0.1) is 0 Å². The summed E-state index contributed by atoms with van der Waals surface area (Å²) in [5.41, 5.74) is -0.837. The van der Waals surface area contributed by atoms with E-state index >= 15 is 0 Å². The molecular weight excluding hydrogens is 296 g/mol. The van der Waals surface area contributed by atoms with E-state index in [1.54, 1.807) is 20.8 Å². The molecule has 1 amide bonds. The smallest absolute Gasteiger partial charge is 0.411 e. The second-order valence-electron chi connectivity index (χ2n) is 6.15. The minimum atomic E-state index is -1.29. The van der Waals surface area contributed by atoms with Crippen molar-refractivity contribution in [3.63, 3.8) is 0 Å². The Morgan fingerprint density at radius 3 is 2.27 bits per heavy atom. The number of amides is 1. The SMILES string of the molecule is CC(C)(C)OC(=O)N1Cc2c(F)ccc(F)c2CC1C(=O)O. The van der Waals surface area contributed by atoms with Crippen molar-refractivity contribution in [2.45, 2.75) is 45.4 Å². The molecule has 1 aliphatic rings. The first-order valence-electron chi connectivity index (χ1n) is 6.78. The predicted octanol–water partition coefficient (Wildman–Crippen LogP) is 2.71. The lowest BCUT2D eigenvalue weighted by Crippen LogP contribution is -2.50. The van der Waals surface area contributed by atoms with Crippen molar-refractivity contribution in [3.05, 3.63) is 34.9 Å². The molecule has 0 aromatic heterocycles. The maximum atomic E-state index is 13.9. The van der Waals surface area contributed by atoms with Gasteiger partial charge in [-0.2, -0.15) is 0 Å². The lowest BCUT2D eigenvalue weighted by Gasteiger charge is -2.35. The number of carbonyl (C=O) groups is 2. The normalized spacial score (nSPS) is 17.9. The molecule has 1 aliphatic heterocycles. The van der Waals surface area contributed by atoms with Crippen LogP contribution in [0.1, 0.15) is 31.9 Å². The Morgan fingerprint density at radius 1 is 1.23 bits per heavy atom. The van der Waals surface area contributed by atoms with E-state index in [0.29, 0.717) is 0 Å². The molecule has 0 saturated heterocycles. The van der Waals surface area contributed by atoms with Crippen molar-refractivity contribution >= 4 is 12.1 Å². The Labute approximate surface area is 126 Å². The Balaban J connectivity index is 2.39. The van der Waals surface area contributed by atoms with Crippen LogP contribution in [0.2, 0.25) is 0 Å². The minimum Gasteiger partial charge on any atom is -0.480 e. The summed E-state index contributed by atoms with van der Waals surface area (Å²) in [5.74, 6) is -2.64. The number of fused-ring (bicyclic) bond motifs is 1. The number of hydrogen-bond donors (Lipinski definition) is 1. The number of carbonyl (C=O) groups excluding carboxylic acids is 1. The van der Waals surface area contributed by atoms with Crippen LogP contribution in [-0.2, 0) is 22.5 Å². The van der Waals surface area contributed by atoms with Crippen LogP contribution in [0, 0.1) is 11.6 Å². The summed E-state index contributed by atoms with van der Waals surface area (Å²) in [6.45, 7) is 4.57. The lowest BCUT2D eigenvalue weighted by atomic mass is 9.93. The second kappa shape index (κ2) is 5.55. The van der Waals surface area contributed by atoms with E-state index < -0.39 is 35.3 Å². The predicted molar refractivity (Wildman–Crippen MR) is 73.3 cm³/mol. The fraction of sp³-hybridized carbons (Fsp3) is 0.467. The molecule has 1 unspecified atom stereocenters. The summed E-state index contributed by atoms with van der Waals surface area (Å²) in [4.78, 5) is 24.4. The molecular formula is C15H17F2NO4. The standard InChI is InChI=1S/C15H17F2NO4/c1-15(2,3)22-14(21)18-7-9-8(6-12(18)13(19)20)10(16)4-5-11(9)17/h4-5,12H,6-7H2,1-3H3,(H,19,20). The first-order valence-corrected chi connectivity index (χ1v) is 6.78. The largest absolute Gasteiger partial charge is 0.480 e. The molecule has 0 spiro atoms. The molecule has 0 bridgehead atoms. The quantitative estimate of drug-likeness (QED) is 0.865. The number of halogens is 2. The van der Waals surface area contributed by atoms with E-state index in [4.69, 9.17) is 4.74 Å². The molecule has 1 aromatic rings. The van der Waals surface area contributed by atoms with E-state index in [1.165, 1.54) is 0 Å². The zero-order chi connectivity index (χ0) is 16.7. The van der Waals surface area contributed by atoms with Crippen molar-refractivity contribution in [3.8, 4) is 0 Å². The van der Waals surface area contributed by atoms with E-state index in [0.717, 1.165) is 17.0 Å². The third-order valence-corrected chi connectivity index (χ3v) is 3.33. The highest BCUT2D eigenvalue weighted by molar-refractivity contribution is 5.81. The minimum absolute atomic E-state index is 0.00721. The molecule has 1 N–H and O–H groups in total. The monoisotopic (exact) mass is 313 g/mol. The molecule has 1 atom stereocenters. The average molecular weight is 313 g/mol. The van der Waals surface area contributed by atoms with Crippen LogP contribution in [0.4, 0.5) is 13.6 Å². The number of nitrogens with zero attached hydrogens (tertiary/aromatic N) is 1. The summed E-state index contributed by atoms with van der Waals surface area (Å²) >= 11 is 0. The number of carboxylic acid groups (broad SMARTS) is 1. The van der Waals surface area contributed by atoms with Crippen LogP contribution in [0.25, 0.3) is 0 Å². The lowest BCUT2D eigenvalue weighted by molar-refractivity contribution is -0.143. The van der Waals surface area contributed by atoms with Gasteiger partial charge in [-0.1, -0.05) is 0 Å². The van der Waals surface area contributed by atoms with Gasteiger partial charge in [-0.05, 0) is 38.5 Å². The summed E-state index contributed by atoms with van der Waals surface area (Å²) < 4.78 is 32.8. The van der Waals surface area contributed by atoms with E-state index in [1.807, 2.05) is 0 Å². The molecule has 0 aliphatic carbocycles. The van der Waals surface area contributed by atoms with Gasteiger partial charge in [0.05, 0.1) is 6.54 Å². The molecule has 2 rings (SSSR count). The van der Waals surface area contributed by atoms with Crippen LogP contribution >= 0.6 is 0 Å². The van der Waals surface area contributed by atoms with Crippen LogP contribution in [0.15, 0.2) is 12.1 Å². The molecule has 0 fully saturated rings. The average Bonchev–Trinajstić information content (AvgIpc) is 2.39. The molecule has 1 heterocycles. The Morgan fingerprint density at radius 2 is 1.77 bits per heavy atom. The molecule has 22 heavy (non-hydrogen) atoms. The van der Waals surface area contributed by atoms with E-state index in [-0.39, 0.29) is 24.1 Å². The summed E-state index contributed by atoms with van der Waals surface area (Å²) in [6.07, 6.45) is -1.16.